The zero-order valence-corrected chi connectivity index (χ0v) is 10.6. The average molecular weight is 344 g/mol. The summed E-state index contributed by atoms with van der Waals surface area (Å²) >= 11 is 0. The van der Waals surface area contributed by atoms with Crippen molar-refractivity contribution in [3.05, 3.63) is 20.8 Å². The molecule has 0 aliphatic carbocycles. The van der Waals surface area contributed by atoms with Crippen LogP contribution in [0.4, 0.5) is 0 Å². The van der Waals surface area contributed by atoms with Gasteiger partial charge in [0.05, 0.1) is 0 Å². The maximum absolute atomic E-state index is 3.38. The van der Waals surface area contributed by atoms with Crippen LogP contribution in [0.2, 0.25) is 0 Å². The number of rotatable bonds is 0. The van der Waals surface area contributed by atoms with Gasteiger partial charge in [0.25, 0.3) is 0 Å². The van der Waals surface area contributed by atoms with E-state index in [0.29, 0.717) is 0 Å². The Kier molecular flexibility index (Phi) is 153. The third-order valence-corrected chi connectivity index (χ3v) is 0. The fourth-order valence-electron chi connectivity index (χ4n) is 0. The van der Waals surface area contributed by atoms with Crippen molar-refractivity contribution in [2.24, 2.45) is 0 Å². The first-order chi connectivity index (χ1) is 2.41. The molecule has 0 atom stereocenters. The minimum Gasteiger partial charge on any atom is -0.372 e. The van der Waals surface area contributed by atoms with Crippen molar-refractivity contribution in [2.75, 3.05) is 0 Å². The van der Waals surface area contributed by atoms with Gasteiger partial charge in [0.2, 0.25) is 0 Å². The van der Waals surface area contributed by atoms with Gasteiger partial charge in [-0.1, -0.05) is 0 Å². The summed E-state index contributed by atoms with van der Waals surface area (Å²) < 4.78 is 0. The SMILES string of the molecule is [CH2-]C.[CH2-]C[CH2-].[W].[Y]. The van der Waals surface area contributed by atoms with E-state index in [4.69, 9.17) is 0 Å². The molecule has 0 spiro atoms. The zero-order valence-electron chi connectivity index (χ0n) is 4.81. The van der Waals surface area contributed by atoms with Crippen molar-refractivity contribution in [3.63, 3.8) is 0 Å². The smallest absolute Gasteiger partial charge is 0 e. The molecule has 0 saturated heterocycles. The molecular formula is C5H11WY-3. The van der Waals surface area contributed by atoms with E-state index in [-0.39, 0.29) is 53.8 Å². The molecule has 0 aromatic heterocycles. The number of hydrogen-bond acceptors (Lipinski definition) is 0. The Morgan fingerprint density at radius 2 is 1.14 bits per heavy atom. The van der Waals surface area contributed by atoms with Crippen LogP contribution in [0.1, 0.15) is 13.3 Å². The molecule has 0 aliphatic heterocycles. The molecule has 1 radical (unpaired) electrons. The van der Waals surface area contributed by atoms with Crippen LogP contribution in [0.3, 0.4) is 0 Å². The molecule has 0 saturated carbocycles. The van der Waals surface area contributed by atoms with Crippen LogP contribution in [0.5, 0.6) is 0 Å². The Morgan fingerprint density at radius 1 is 1.14 bits per heavy atom. The first-order valence-corrected chi connectivity index (χ1v) is 1.71. The molecule has 0 aromatic rings. The predicted octanol–water partition coefficient (Wildman–Crippen LogP) is 1.88. The minimum atomic E-state index is 0. The van der Waals surface area contributed by atoms with E-state index >= 15 is 0 Å². The summed E-state index contributed by atoms with van der Waals surface area (Å²) in [5.74, 6) is 0. The summed E-state index contributed by atoms with van der Waals surface area (Å²) in [6, 6.07) is 0. The topological polar surface area (TPSA) is 0 Å². The van der Waals surface area contributed by atoms with Crippen LogP contribution in [0.15, 0.2) is 0 Å². The molecular weight excluding hydrogens is 333 g/mol. The third kappa shape index (κ3) is 81.4. The maximum Gasteiger partial charge on any atom is 0 e. The van der Waals surface area contributed by atoms with E-state index in [1.807, 2.05) is 0 Å². The van der Waals surface area contributed by atoms with Crippen LogP contribution in [0.25, 0.3) is 0 Å². The van der Waals surface area contributed by atoms with E-state index < -0.39 is 0 Å². The van der Waals surface area contributed by atoms with E-state index in [1.165, 1.54) is 0 Å². The molecule has 7 heavy (non-hydrogen) atoms. The van der Waals surface area contributed by atoms with Gasteiger partial charge in [-0.2, -0.15) is 6.92 Å². The Bertz CT molecular complexity index is 8.04. The fraction of sp³-hybridized carbons (Fsp3) is 0.400. The normalized spacial score (nSPS) is 3.43. The van der Waals surface area contributed by atoms with Crippen LogP contribution < -0.4 is 0 Å². The summed E-state index contributed by atoms with van der Waals surface area (Å²) in [5, 5.41) is 0. The molecule has 0 rings (SSSR count). The van der Waals surface area contributed by atoms with Crippen molar-refractivity contribution in [1.82, 2.24) is 0 Å². The van der Waals surface area contributed by atoms with Gasteiger partial charge in [0.1, 0.15) is 0 Å². The fourth-order valence-corrected chi connectivity index (χ4v) is 0. The summed E-state index contributed by atoms with van der Waals surface area (Å²) in [7, 11) is 0. The first-order valence-electron chi connectivity index (χ1n) is 1.71. The van der Waals surface area contributed by atoms with Gasteiger partial charge in [-0.05, 0) is 0 Å². The summed E-state index contributed by atoms with van der Waals surface area (Å²) in [5.41, 5.74) is 0. The Morgan fingerprint density at radius 3 is 1.14 bits per heavy atom. The van der Waals surface area contributed by atoms with Crippen molar-refractivity contribution in [3.8, 4) is 0 Å². The number of hydrogen-bond donors (Lipinski definition) is 0. The Hall–Kier alpha value is 1.79. The summed E-state index contributed by atoms with van der Waals surface area (Å²) in [4.78, 5) is 0. The molecule has 43 valence electrons. The summed E-state index contributed by atoms with van der Waals surface area (Å²) in [6.07, 6.45) is 0.750. The van der Waals surface area contributed by atoms with Crippen LogP contribution in [-0.4, -0.2) is 0 Å². The minimum absolute atomic E-state index is 0. The largest absolute Gasteiger partial charge is 0.372 e. The average Bonchev–Trinajstić information content (AvgIpc) is 1.46. The zero-order chi connectivity index (χ0) is 4.71. The molecule has 2 heteroatoms. The van der Waals surface area contributed by atoms with Gasteiger partial charge in [0.15, 0.2) is 0 Å². The molecule has 0 bridgehead atoms. The molecule has 0 fully saturated rings. The van der Waals surface area contributed by atoms with Gasteiger partial charge in [-0.15, -0.1) is 0 Å². The molecule has 0 N–H and O–H groups in total. The molecule has 0 amide bonds. The summed E-state index contributed by atoms with van der Waals surface area (Å²) in [6.45, 7) is 11.8. The Balaban J connectivity index is -0.0000000105. The third-order valence-electron chi connectivity index (χ3n) is 0. The predicted molar refractivity (Wildman–Crippen MR) is 26.4 cm³/mol. The van der Waals surface area contributed by atoms with Crippen LogP contribution >= 0.6 is 0 Å². The van der Waals surface area contributed by atoms with Gasteiger partial charge < -0.3 is 27.2 Å². The van der Waals surface area contributed by atoms with Gasteiger partial charge in [-0.25, -0.2) is 0 Å². The molecule has 0 aliphatic rings. The monoisotopic (exact) mass is 344 g/mol. The van der Waals surface area contributed by atoms with E-state index in [0.717, 1.165) is 6.42 Å². The van der Waals surface area contributed by atoms with Crippen molar-refractivity contribution in [2.45, 2.75) is 13.3 Å². The second kappa shape index (κ2) is 46.1. The van der Waals surface area contributed by atoms with Crippen molar-refractivity contribution >= 4 is 0 Å². The second-order valence-electron chi connectivity index (χ2n) is 0.354. The molecule has 0 aromatic carbocycles. The van der Waals surface area contributed by atoms with Gasteiger partial charge in [0, 0.05) is 53.8 Å². The molecule has 0 unspecified atom stereocenters. The van der Waals surface area contributed by atoms with Crippen molar-refractivity contribution < 1.29 is 53.8 Å². The van der Waals surface area contributed by atoms with Crippen LogP contribution in [-0.2, 0) is 53.8 Å². The molecule has 0 heterocycles. The van der Waals surface area contributed by atoms with Gasteiger partial charge in [-0.3, -0.25) is 0 Å². The van der Waals surface area contributed by atoms with E-state index in [2.05, 4.69) is 20.8 Å². The van der Waals surface area contributed by atoms with E-state index in [1.54, 1.807) is 6.92 Å². The maximum atomic E-state index is 3.38. The first kappa shape index (κ1) is 23.2. The second-order valence-corrected chi connectivity index (χ2v) is 0.354. The van der Waals surface area contributed by atoms with E-state index in [9.17, 15) is 0 Å². The van der Waals surface area contributed by atoms with Crippen molar-refractivity contribution in [1.29, 1.82) is 0 Å². The van der Waals surface area contributed by atoms with Gasteiger partial charge >= 0.3 is 0 Å². The molecule has 0 nitrogen and oxygen atoms in total. The Labute approximate surface area is 87.0 Å². The standard InChI is InChI=1S/C3H6.C2H5.W.Y/c1-3-2;1-2;;/h1-3H2;1H2,2H3;;/q-2;-1;;. The van der Waals surface area contributed by atoms with Crippen LogP contribution in [0, 0.1) is 20.8 Å². The quantitative estimate of drug-likeness (QED) is 0.589.